The average molecular weight is 391 g/mol. The maximum Gasteiger partial charge on any atom is 0.307 e. The predicted molar refractivity (Wildman–Crippen MR) is 104 cm³/mol. The molecule has 0 aromatic carbocycles. The van der Waals surface area contributed by atoms with E-state index in [9.17, 15) is 4.79 Å². The molecule has 2 unspecified atom stereocenters. The van der Waals surface area contributed by atoms with Crippen molar-refractivity contribution in [3.8, 4) is 0 Å². The number of hydrogen-bond donors (Lipinski definition) is 2. The molecule has 0 bridgehead atoms. The Hall–Kier alpha value is -1.87. The fourth-order valence-corrected chi connectivity index (χ4v) is 5.31. The molecular formula is C18H26N6O2S. The van der Waals surface area contributed by atoms with Crippen LogP contribution in [0.3, 0.4) is 0 Å². The van der Waals surface area contributed by atoms with Crippen molar-refractivity contribution in [1.82, 2.24) is 19.6 Å². The van der Waals surface area contributed by atoms with Gasteiger partial charge in [0.25, 0.3) is 0 Å². The molecule has 2 atom stereocenters. The Morgan fingerprint density at radius 1 is 1.44 bits per heavy atom. The Morgan fingerprint density at radius 2 is 2.22 bits per heavy atom. The summed E-state index contributed by atoms with van der Waals surface area (Å²) in [5.74, 6) is 0.110. The van der Waals surface area contributed by atoms with Gasteiger partial charge in [-0.25, -0.2) is 9.38 Å². The largest absolute Gasteiger partial charge is 0.481 e. The first kappa shape index (κ1) is 18.5. The first-order valence-corrected chi connectivity index (χ1v) is 10.5. The number of carboxylic acids is 1. The van der Waals surface area contributed by atoms with Crippen LogP contribution in [0.15, 0.2) is 17.4 Å². The van der Waals surface area contributed by atoms with Crippen LogP contribution in [0, 0.1) is 11.3 Å². The van der Waals surface area contributed by atoms with Gasteiger partial charge in [0.1, 0.15) is 6.33 Å². The topological polar surface area (TPSA) is 110 Å². The standard InChI is InChI=1S/C18H26N6O2S/c1-12(16(25)26)10-27-13-9-20-17(24-11-21-22-15(13)24)23-7-5-18(6-8-23)4-2-3-14(18)19/h9,11-12,14H,2-8,10,19H2,1H3,(H,25,26). The maximum atomic E-state index is 11.0. The van der Waals surface area contributed by atoms with E-state index in [1.807, 2.05) is 4.40 Å². The number of nitrogens with two attached hydrogens (primary N) is 1. The van der Waals surface area contributed by atoms with Gasteiger partial charge < -0.3 is 15.7 Å². The van der Waals surface area contributed by atoms with Crippen LogP contribution in [-0.4, -0.2) is 55.5 Å². The molecule has 146 valence electrons. The molecule has 8 nitrogen and oxygen atoms in total. The Morgan fingerprint density at radius 3 is 2.89 bits per heavy atom. The lowest BCUT2D eigenvalue weighted by Crippen LogP contribution is -2.47. The summed E-state index contributed by atoms with van der Waals surface area (Å²) in [6.45, 7) is 3.59. The molecule has 1 aliphatic heterocycles. The lowest BCUT2D eigenvalue weighted by Gasteiger charge is -2.42. The number of piperidine rings is 1. The second-order valence-corrected chi connectivity index (χ2v) is 8.91. The summed E-state index contributed by atoms with van der Waals surface area (Å²) in [5.41, 5.74) is 7.45. The van der Waals surface area contributed by atoms with E-state index in [1.165, 1.54) is 24.6 Å². The summed E-state index contributed by atoms with van der Waals surface area (Å²) in [4.78, 5) is 18.9. The molecule has 3 N–H and O–H groups in total. The Kier molecular flexibility index (Phi) is 4.98. The van der Waals surface area contributed by atoms with Crippen molar-refractivity contribution < 1.29 is 9.90 Å². The van der Waals surface area contributed by atoms with Gasteiger partial charge in [-0.2, -0.15) is 0 Å². The smallest absolute Gasteiger partial charge is 0.307 e. The molecule has 2 aliphatic rings. The first-order chi connectivity index (χ1) is 13.0. The number of rotatable bonds is 5. The molecule has 9 heteroatoms. The fourth-order valence-electron chi connectivity index (χ4n) is 4.35. The van der Waals surface area contributed by atoms with E-state index < -0.39 is 11.9 Å². The number of carbonyl (C=O) groups is 1. The summed E-state index contributed by atoms with van der Waals surface area (Å²) < 4.78 is 1.92. The molecule has 2 aromatic heterocycles. The predicted octanol–water partition coefficient (Wildman–Crippen LogP) is 2.03. The molecule has 4 rings (SSSR count). The number of aromatic nitrogens is 4. The molecule has 1 spiro atoms. The lowest BCUT2D eigenvalue weighted by atomic mass is 9.74. The van der Waals surface area contributed by atoms with E-state index in [1.54, 1.807) is 19.4 Å². The quantitative estimate of drug-likeness (QED) is 0.747. The molecule has 0 amide bonds. The second kappa shape index (κ2) is 7.27. The molecule has 2 fully saturated rings. The van der Waals surface area contributed by atoms with Crippen molar-refractivity contribution in [3.63, 3.8) is 0 Å². The Bertz CT molecular complexity index is 832. The number of fused-ring (bicyclic) bond motifs is 1. The number of anilines is 1. The van der Waals surface area contributed by atoms with Gasteiger partial charge in [-0.15, -0.1) is 22.0 Å². The number of aliphatic carboxylic acids is 1. The monoisotopic (exact) mass is 390 g/mol. The third-order valence-electron chi connectivity index (χ3n) is 6.21. The van der Waals surface area contributed by atoms with Crippen LogP contribution in [0.1, 0.15) is 39.0 Å². The minimum Gasteiger partial charge on any atom is -0.481 e. The Balaban J connectivity index is 1.51. The van der Waals surface area contributed by atoms with Gasteiger partial charge in [0.2, 0.25) is 5.95 Å². The second-order valence-electron chi connectivity index (χ2n) is 7.85. The zero-order chi connectivity index (χ0) is 19.0. The number of hydrogen-bond acceptors (Lipinski definition) is 7. The molecule has 27 heavy (non-hydrogen) atoms. The van der Waals surface area contributed by atoms with Gasteiger partial charge in [0, 0.05) is 31.1 Å². The van der Waals surface area contributed by atoms with Gasteiger partial charge in [-0.3, -0.25) is 4.79 Å². The summed E-state index contributed by atoms with van der Waals surface area (Å²) in [7, 11) is 0. The van der Waals surface area contributed by atoms with Crippen LogP contribution in [0.4, 0.5) is 5.95 Å². The van der Waals surface area contributed by atoms with E-state index in [0.29, 0.717) is 17.2 Å². The highest BCUT2D eigenvalue weighted by atomic mass is 32.2. The summed E-state index contributed by atoms with van der Waals surface area (Å²) in [6.07, 6.45) is 9.33. The highest BCUT2D eigenvalue weighted by Crippen LogP contribution is 2.45. The van der Waals surface area contributed by atoms with E-state index in [0.717, 1.165) is 48.8 Å². The summed E-state index contributed by atoms with van der Waals surface area (Å²) in [5, 5.41) is 17.4. The van der Waals surface area contributed by atoms with Crippen LogP contribution in [0.5, 0.6) is 0 Å². The number of nitrogens with zero attached hydrogens (tertiary/aromatic N) is 5. The van der Waals surface area contributed by atoms with E-state index in [-0.39, 0.29) is 0 Å². The average Bonchev–Trinajstić information content (AvgIpc) is 3.28. The third-order valence-corrected chi connectivity index (χ3v) is 7.48. The van der Waals surface area contributed by atoms with Crippen molar-refractivity contribution >= 4 is 29.3 Å². The number of thioether (sulfide) groups is 1. The molecule has 1 saturated carbocycles. The van der Waals surface area contributed by atoms with Crippen molar-refractivity contribution in [2.45, 2.75) is 50.0 Å². The van der Waals surface area contributed by atoms with E-state index >= 15 is 0 Å². The molecule has 2 aromatic rings. The summed E-state index contributed by atoms with van der Waals surface area (Å²) in [6, 6.07) is 0.331. The molecule has 1 saturated heterocycles. The zero-order valence-electron chi connectivity index (χ0n) is 15.5. The van der Waals surface area contributed by atoms with Crippen molar-refractivity contribution in [1.29, 1.82) is 0 Å². The minimum atomic E-state index is -0.795. The van der Waals surface area contributed by atoms with Gasteiger partial charge >= 0.3 is 5.97 Å². The zero-order valence-corrected chi connectivity index (χ0v) is 16.4. The van der Waals surface area contributed by atoms with Gasteiger partial charge in [-0.1, -0.05) is 13.3 Å². The highest BCUT2D eigenvalue weighted by Gasteiger charge is 2.43. The summed E-state index contributed by atoms with van der Waals surface area (Å²) >= 11 is 1.46. The normalized spacial score (nSPS) is 23.2. The SMILES string of the molecule is CC(CSc1cnc(N2CCC3(CCCC3N)CC2)n2cnnc12)C(=O)O. The fraction of sp³-hybridized carbons (Fsp3) is 0.667. The van der Waals surface area contributed by atoms with Gasteiger partial charge in [0.15, 0.2) is 5.65 Å². The Labute approximate surface area is 162 Å². The molecule has 0 radical (unpaired) electrons. The number of carboxylic acid groups (broad SMARTS) is 1. The van der Waals surface area contributed by atoms with Crippen molar-refractivity contribution in [2.75, 3.05) is 23.7 Å². The minimum absolute atomic E-state index is 0.311. The van der Waals surface area contributed by atoms with Crippen LogP contribution >= 0.6 is 11.8 Å². The van der Waals surface area contributed by atoms with Gasteiger partial charge in [0.05, 0.1) is 10.8 Å². The highest BCUT2D eigenvalue weighted by molar-refractivity contribution is 7.99. The van der Waals surface area contributed by atoms with Crippen molar-refractivity contribution in [3.05, 3.63) is 12.5 Å². The molecule has 1 aliphatic carbocycles. The van der Waals surface area contributed by atoms with Crippen LogP contribution in [-0.2, 0) is 4.79 Å². The lowest BCUT2D eigenvalue weighted by molar-refractivity contribution is -0.140. The van der Waals surface area contributed by atoms with Crippen molar-refractivity contribution in [2.24, 2.45) is 17.1 Å². The molecular weight excluding hydrogens is 364 g/mol. The first-order valence-electron chi connectivity index (χ1n) is 9.55. The molecule has 3 heterocycles. The van der Waals surface area contributed by atoms with Crippen LogP contribution < -0.4 is 10.6 Å². The van der Waals surface area contributed by atoms with Crippen LogP contribution in [0.25, 0.3) is 5.65 Å². The van der Waals surface area contributed by atoms with Crippen LogP contribution in [0.2, 0.25) is 0 Å². The van der Waals surface area contributed by atoms with Gasteiger partial charge in [-0.05, 0) is 31.1 Å². The van der Waals surface area contributed by atoms with E-state index in [2.05, 4.69) is 20.1 Å². The maximum absolute atomic E-state index is 11.0. The third kappa shape index (κ3) is 3.38. The van der Waals surface area contributed by atoms with E-state index in [4.69, 9.17) is 10.8 Å².